The number of piperidine rings is 1. The normalized spacial score (nSPS) is 26.7. The van der Waals surface area contributed by atoms with E-state index >= 15 is 0 Å². The van der Waals surface area contributed by atoms with Crippen LogP contribution in [0.1, 0.15) is 6.42 Å². The minimum atomic E-state index is -0.263. The van der Waals surface area contributed by atoms with Crippen molar-refractivity contribution in [1.82, 2.24) is 19.6 Å². The Morgan fingerprint density at radius 2 is 2.04 bits per heavy atom. The topological polar surface area (TPSA) is 70.9 Å². The van der Waals surface area contributed by atoms with Crippen molar-refractivity contribution in [3.63, 3.8) is 0 Å². The molecule has 4 aliphatic rings. The van der Waals surface area contributed by atoms with E-state index in [2.05, 4.69) is 14.9 Å². The summed E-state index contributed by atoms with van der Waals surface area (Å²) in [6.07, 6.45) is 2.83. The molecule has 1 amide bonds. The van der Waals surface area contributed by atoms with E-state index in [1.54, 1.807) is 13.2 Å². The summed E-state index contributed by atoms with van der Waals surface area (Å²) >= 11 is 6.22. The van der Waals surface area contributed by atoms with Gasteiger partial charge in [-0.15, -0.1) is 0 Å². The Bertz CT molecular complexity index is 727. The molecule has 2 bridgehead atoms. The number of anilines is 1. The Balaban J connectivity index is 1.37. The maximum atomic E-state index is 12.0. The number of halogens is 1. The second-order valence-corrected chi connectivity index (χ2v) is 7.27. The van der Waals surface area contributed by atoms with Crippen molar-refractivity contribution >= 4 is 23.2 Å². The molecule has 1 aromatic rings. The van der Waals surface area contributed by atoms with Crippen molar-refractivity contribution in [3.05, 3.63) is 21.6 Å². The SMILES string of the molecule is Cn1ncc(N2CC3CC(C2)N3CCN2CCOCC2=O)c(Cl)c1=O. The highest BCUT2D eigenvalue weighted by atomic mass is 35.5. The van der Waals surface area contributed by atoms with Gasteiger partial charge < -0.3 is 14.5 Å². The predicted molar refractivity (Wildman–Crippen MR) is 93.0 cm³/mol. The molecule has 0 aliphatic carbocycles. The Kier molecular flexibility index (Phi) is 4.43. The summed E-state index contributed by atoms with van der Waals surface area (Å²) in [7, 11) is 1.60. The van der Waals surface area contributed by atoms with E-state index in [-0.39, 0.29) is 23.1 Å². The van der Waals surface area contributed by atoms with Gasteiger partial charge in [-0.25, -0.2) is 4.68 Å². The van der Waals surface area contributed by atoms with E-state index in [0.29, 0.717) is 25.2 Å². The molecule has 8 nitrogen and oxygen atoms in total. The van der Waals surface area contributed by atoms with Gasteiger partial charge in [0.2, 0.25) is 5.91 Å². The first kappa shape index (κ1) is 16.8. The van der Waals surface area contributed by atoms with E-state index < -0.39 is 0 Å². The number of morpholine rings is 1. The van der Waals surface area contributed by atoms with Crippen LogP contribution in [0.25, 0.3) is 0 Å². The number of piperazine rings is 1. The minimum absolute atomic E-state index is 0.0801. The lowest BCUT2D eigenvalue weighted by Gasteiger charge is -2.57. The number of aryl methyl sites for hydroxylation is 1. The van der Waals surface area contributed by atoms with E-state index in [4.69, 9.17) is 16.3 Å². The molecule has 4 fully saturated rings. The van der Waals surface area contributed by atoms with Gasteiger partial charge in [-0.3, -0.25) is 14.5 Å². The van der Waals surface area contributed by atoms with E-state index in [9.17, 15) is 9.59 Å². The number of ether oxygens (including phenoxy) is 1. The molecule has 0 aromatic carbocycles. The highest BCUT2D eigenvalue weighted by Gasteiger charge is 2.45. The summed E-state index contributed by atoms with van der Waals surface area (Å²) in [5, 5.41) is 4.33. The monoisotopic (exact) mass is 367 g/mol. The molecule has 5 heterocycles. The third-order valence-electron chi connectivity index (χ3n) is 5.46. The average Bonchev–Trinajstić information content (AvgIpc) is 2.61. The van der Waals surface area contributed by atoms with Crippen molar-refractivity contribution in [2.24, 2.45) is 7.05 Å². The number of amides is 1. The first-order valence-corrected chi connectivity index (χ1v) is 9.00. The fourth-order valence-electron chi connectivity index (χ4n) is 3.99. The maximum absolute atomic E-state index is 12.0. The molecule has 9 heteroatoms. The van der Waals surface area contributed by atoms with Crippen LogP contribution in [0, 0.1) is 0 Å². The second-order valence-electron chi connectivity index (χ2n) is 6.89. The Labute approximate surface area is 150 Å². The number of nitrogens with zero attached hydrogens (tertiary/aromatic N) is 5. The Hall–Kier alpha value is -1.64. The van der Waals surface area contributed by atoms with Gasteiger partial charge in [-0.2, -0.15) is 5.10 Å². The molecule has 0 saturated carbocycles. The van der Waals surface area contributed by atoms with E-state index in [1.807, 2.05) is 4.90 Å². The standard InChI is InChI=1S/C16H22ClN5O3/c1-19-16(24)15(17)13(7-18-19)21-8-11-6-12(9-21)22(11)3-2-20-4-5-25-10-14(20)23/h7,11-12H,2-6,8-10H2,1H3. The minimum Gasteiger partial charge on any atom is -0.370 e. The van der Waals surface area contributed by atoms with Gasteiger partial charge in [0.1, 0.15) is 11.6 Å². The fourth-order valence-corrected chi connectivity index (χ4v) is 4.29. The smallest absolute Gasteiger partial charge is 0.287 e. The summed E-state index contributed by atoms with van der Waals surface area (Å²) in [4.78, 5) is 30.3. The fraction of sp³-hybridized carbons (Fsp3) is 0.688. The van der Waals surface area contributed by atoms with Crippen LogP contribution in [0.4, 0.5) is 5.69 Å². The third kappa shape index (κ3) is 3.02. The van der Waals surface area contributed by atoms with Crippen LogP contribution < -0.4 is 10.5 Å². The first-order chi connectivity index (χ1) is 12.0. The van der Waals surface area contributed by atoms with Crippen molar-refractivity contribution in [3.8, 4) is 0 Å². The van der Waals surface area contributed by atoms with Gasteiger partial charge in [0.05, 0.1) is 18.5 Å². The number of hydrogen-bond donors (Lipinski definition) is 0. The predicted octanol–water partition coefficient (Wildman–Crippen LogP) is -0.445. The average molecular weight is 368 g/mol. The lowest BCUT2D eigenvalue weighted by Crippen LogP contribution is -2.69. The maximum Gasteiger partial charge on any atom is 0.287 e. The van der Waals surface area contributed by atoms with Crippen LogP contribution in [0.3, 0.4) is 0 Å². The zero-order valence-corrected chi connectivity index (χ0v) is 15.0. The largest absolute Gasteiger partial charge is 0.370 e. The molecule has 2 unspecified atom stereocenters. The second kappa shape index (κ2) is 6.59. The van der Waals surface area contributed by atoms with Gasteiger partial charge in [-0.05, 0) is 6.42 Å². The number of rotatable bonds is 4. The molecule has 4 aliphatic heterocycles. The Morgan fingerprint density at radius 3 is 2.76 bits per heavy atom. The molecule has 25 heavy (non-hydrogen) atoms. The molecule has 136 valence electrons. The molecule has 1 aromatic heterocycles. The van der Waals surface area contributed by atoms with Crippen LogP contribution in [0.15, 0.2) is 11.0 Å². The van der Waals surface area contributed by atoms with Crippen LogP contribution in [0.2, 0.25) is 5.02 Å². The van der Waals surface area contributed by atoms with Gasteiger partial charge in [0.15, 0.2) is 0 Å². The summed E-state index contributed by atoms with van der Waals surface area (Å²) in [6, 6.07) is 0.880. The zero-order valence-electron chi connectivity index (χ0n) is 14.2. The third-order valence-corrected chi connectivity index (χ3v) is 5.81. The summed E-state index contributed by atoms with van der Waals surface area (Å²) < 4.78 is 6.42. The number of carbonyl (C=O) groups is 1. The first-order valence-electron chi connectivity index (χ1n) is 8.62. The lowest BCUT2D eigenvalue weighted by molar-refractivity contribution is -0.143. The lowest BCUT2D eigenvalue weighted by atomic mass is 9.87. The van der Waals surface area contributed by atoms with Crippen molar-refractivity contribution < 1.29 is 9.53 Å². The molecular formula is C16H22ClN5O3. The molecule has 4 saturated heterocycles. The highest BCUT2D eigenvalue weighted by molar-refractivity contribution is 6.33. The quantitative estimate of drug-likeness (QED) is 0.718. The van der Waals surface area contributed by atoms with Gasteiger partial charge >= 0.3 is 0 Å². The Morgan fingerprint density at radius 1 is 1.28 bits per heavy atom. The van der Waals surface area contributed by atoms with E-state index in [1.165, 1.54) is 4.68 Å². The van der Waals surface area contributed by atoms with Crippen molar-refractivity contribution in [1.29, 1.82) is 0 Å². The van der Waals surface area contributed by atoms with E-state index in [0.717, 1.165) is 38.3 Å². The summed E-state index contributed by atoms with van der Waals surface area (Å²) in [5.41, 5.74) is 0.462. The number of carbonyl (C=O) groups excluding carboxylic acids is 1. The number of aromatic nitrogens is 2. The van der Waals surface area contributed by atoms with Gasteiger partial charge in [-0.1, -0.05) is 11.6 Å². The summed E-state index contributed by atoms with van der Waals surface area (Å²) in [5.74, 6) is 0.0801. The molecule has 0 radical (unpaired) electrons. The van der Waals surface area contributed by atoms with Crippen LogP contribution in [-0.2, 0) is 16.6 Å². The molecule has 5 rings (SSSR count). The number of hydrogen-bond acceptors (Lipinski definition) is 6. The van der Waals surface area contributed by atoms with Crippen molar-refractivity contribution in [2.75, 3.05) is 50.8 Å². The van der Waals surface area contributed by atoms with Crippen LogP contribution >= 0.6 is 11.6 Å². The highest BCUT2D eigenvalue weighted by Crippen LogP contribution is 2.35. The van der Waals surface area contributed by atoms with Crippen LogP contribution in [-0.4, -0.2) is 83.5 Å². The van der Waals surface area contributed by atoms with Gasteiger partial charge in [0.25, 0.3) is 5.56 Å². The number of fused-ring (bicyclic) bond motifs is 2. The van der Waals surface area contributed by atoms with Crippen LogP contribution in [0.5, 0.6) is 0 Å². The summed E-state index contributed by atoms with van der Waals surface area (Å²) in [6.45, 7) is 4.82. The zero-order chi connectivity index (χ0) is 17.6. The van der Waals surface area contributed by atoms with Crippen molar-refractivity contribution in [2.45, 2.75) is 18.5 Å². The van der Waals surface area contributed by atoms with Gasteiger partial charge in [0, 0.05) is 51.9 Å². The molecule has 2 atom stereocenters. The molecule has 0 spiro atoms. The molecule has 0 N–H and O–H groups in total. The molecular weight excluding hydrogens is 346 g/mol.